The summed E-state index contributed by atoms with van der Waals surface area (Å²) in [6.45, 7) is 0.836. The van der Waals surface area contributed by atoms with Gasteiger partial charge in [0.05, 0.1) is 24.3 Å². The van der Waals surface area contributed by atoms with Crippen LogP contribution in [0.3, 0.4) is 0 Å². The number of carbonyl (C=O) groups excluding carboxylic acids is 3. The van der Waals surface area contributed by atoms with Crippen LogP contribution in [0.1, 0.15) is 47.8 Å². The van der Waals surface area contributed by atoms with Gasteiger partial charge in [-0.3, -0.25) is 19.3 Å². The Balaban J connectivity index is 1.19. The number of benzene rings is 3. The number of halogens is 1. The number of hydrogen-bond acceptors (Lipinski definition) is 5. The SMILES string of the molecule is O=C(NCCc1cc(F)cc2c1OCOC2)c1ccc(CN2C(=O)c3ccccc3C2=O)cc1. The summed E-state index contributed by atoms with van der Waals surface area (Å²) < 4.78 is 24.6. The van der Waals surface area contributed by atoms with Crippen LogP contribution in [-0.2, 0) is 24.3 Å². The predicted octanol–water partition coefficient (Wildman–Crippen LogP) is 3.46. The average molecular weight is 460 g/mol. The molecule has 0 saturated carbocycles. The summed E-state index contributed by atoms with van der Waals surface area (Å²) in [6.07, 6.45) is 0.406. The van der Waals surface area contributed by atoms with Gasteiger partial charge in [0.2, 0.25) is 0 Å². The van der Waals surface area contributed by atoms with E-state index in [0.717, 1.165) is 5.56 Å². The molecule has 34 heavy (non-hydrogen) atoms. The van der Waals surface area contributed by atoms with Crippen LogP contribution in [0.15, 0.2) is 60.7 Å². The maximum absolute atomic E-state index is 13.9. The highest BCUT2D eigenvalue weighted by Crippen LogP contribution is 2.29. The summed E-state index contributed by atoms with van der Waals surface area (Å²) in [5, 5.41) is 2.83. The average Bonchev–Trinajstić information content (AvgIpc) is 3.09. The summed E-state index contributed by atoms with van der Waals surface area (Å²) in [6, 6.07) is 16.3. The molecule has 2 heterocycles. The molecule has 0 atom stereocenters. The van der Waals surface area contributed by atoms with E-state index < -0.39 is 0 Å². The fourth-order valence-corrected chi connectivity index (χ4v) is 4.18. The van der Waals surface area contributed by atoms with Gasteiger partial charge in [-0.1, -0.05) is 24.3 Å². The van der Waals surface area contributed by atoms with Gasteiger partial charge in [0.25, 0.3) is 17.7 Å². The van der Waals surface area contributed by atoms with Crippen LogP contribution in [0.25, 0.3) is 0 Å². The van der Waals surface area contributed by atoms with Crippen LogP contribution in [0.2, 0.25) is 0 Å². The molecule has 0 unspecified atom stereocenters. The van der Waals surface area contributed by atoms with Gasteiger partial charge in [0.15, 0.2) is 6.79 Å². The second-order valence-electron chi connectivity index (χ2n) is 8.11. The Hall–Kier alpha value is -4.04. The summed E-state index contributed by atoms with van der Waals surface area (Å²) >= 11 is 0. The van der Waals surface area contributed by atoms with Gasteiger partial charge in [-0.25, -0.2) is 4.39 Å². The van der Waals surface area contributed by atoms with E-state index in [2.05, 4.69) is 5.32 Å². The molecule has 0 fully saturated rings. The number of carbonyl (C=O) groups is 3. The molecule has 3 aromatic carbocycles. The zero-order valence-electron chi connectivity index (χ0n) is 18.2. The number of rotatable bonds is 6. The molecular formula is C26H21FN2O5. The van der Waals surface area contributed by atoms with E-state index in [-0.39, 0.29) is 36.9 Å². The number of nitrogens with zero attached hydrogens (tertiary/aromatic N) is 1. The van der Waals surface area contributed by atoms with E-state index in [0.29, 0.717) is 53.1 Å². The smallest absolute Gasteiger partial charge is 0.261 e. The minimum atomic E-state index is -0.372. The monoisotopic (exact) mass is 460 g/mol. The summed E-state index contributed by atoms with van der Waals surface area (Å²) in [5.74, 6) is -0.681. The highest BCUT2D eigenvalue weighted by Gasteiger charge is 2.34. The number of imide groups is 1. The minimum absolute atomic E-state index is 0.116. The highest BCUT2D eigenvalue weighted by molar-refractivity contribution is 6.21. The second-order valence-corrected chi connectivity index (χ2v) is 8.11. The standard InChI is InChI=1S/C26H21FN2O5/c27-20-11-18(23-19(12-20)14-33-15-34-23)9-10-28-24(30)17-7-5-16(6-8-17)13-29-25(31)21-3-1-2-4-22(21)26(29)32/h1-8,11-12H,9-10,13-15H2,(H,28,30). The van der Waals surface area contributed by atoms with Gasteiger partial charge in [-0.05, 0) is 53.9 Å². The van der Waals surface area contributed by atoms with Crippen molar-refractivity contribution in [3.05, 3.63) is 99.9 Å². The number of hydrogen-bond donors (Lipinski definition) is 1. The zero-order chi connectivity index (χ0) is 23.7. The number of ether oxygens (including phenoxy) is 2. The van der Waals surface area contributed by atoms with E-state index in [1.54, 1.807) is 48.5 Å². The van der Waals surface area contributed by atoms with Crippen molar-refractivity contribution in [1.82, 2.24) is 10.2 Å². The van der Waals surface area contributed by atoms with Crippen molar-refractivity contribution in [2.75, 3.05) is 13.3 Å². The fourth-order valence-electron chi connectivity index (χ4n) is 4.18. The molecule has 0 bridgehead atoms. The van der Waals surface area contributed by atoms with E-state index in [1.807, 2.05) is 0 Å². The number of amides is 3. The zero-order valence-corrected chi connectivity index (χ0v) is 18.2. The maximum Gasteiger partial charge on any atom is 0.261 e. The van der Waals surface area contributed by atoms with Gasteiger partial charge in [-0.2, -0.15) is 0 Å². The molecule has 1 N–H and O–H groups in total. The first-order valence-corrected chi connectivity index (χ1v) is 10.9. The summed E-state index contributed by atoms with van der Waals surface area (Å²) in [5.41, 5.74) is 3.31. The Morgan fingerprint density at radius 1 is 1.00 bits per heavy atom. The molecule has 3 aromatic rings. The fraction of sp³-hybridized carbons (Fsp3) is 0.192. The quantitative estimate of drug-likeness (QED) is 0.570. The van der Waals surface area contributed by atoms with Crippen molar-refractivity contribution in [1.29, 1.82) is 0 Å². The van der Waals surface area contributed by atoms with Crippen molar-refractivity contribution in [3.8, 4) is 5.75 Å². The number of nitrogens with one attached hydrogen (secondary N) is 1. The molecule has 0 aliphatic carbocycles. The molecule has 8 heteroatoms. The molecule has 2 aliphatic rings. The van der Waals surface area contributed by atoms with Crippen LogP contribution in [0.4, 0.5) is 4.39 Å². The topological polar surface area (TPSA) is 84.9 Å². The Morgan fingerprint density at radius 2 is 1.71 bits per heavy atom. The van der Waals surface area contributed by atoms with Gasteiger partial charge in [0, 0.05) is 17.7 Å². The molecule has 7 nitrogen and oxygen atoms in total. The van der Waals surface area contributed by atoms with E-state index in [4.69, 9.17) is 9.47 Å². The maximum atomic E-state index is 13.9. The molecular weight excluding hydrogens is 439 g/mol. The normalized spacial score (nSPS) is 14.4. The van der Waals surface area contributed by atoms with Crippen molar-refractivity contribution in [2.45, 2.75) is 19.6 Å². The van der Waals surface area contributed by atoms with E-state index in [1.165, 1.54) is 17.0 Å². The van der Waals surface area contributed by atoms with E-state index >= 15 is 0 Å². The van der Waals surface area contributed by atoms with Crippen LogP contribution in [0, 0.1) is 5.82 Å². The predicted molar refractivity (Wildman–Crippen MR) is 120 cm³/mol. The third kappa shape index (κ3) is 4.15. The molecule has 5 rings (SSSR count). The molecule has 0 aromatic heterocycles. The van der Waals surface area contributed by atoms with Crippen molar-refractivity contribution < 1.29 is 28.2 Å². The van der Waals surface area contributed by atoms with Gasteiger partial charge in [-0.15, -0.1) is 0 Å². The lowest BCUT2D eigenvalue weighted by Crippen LogP contribution is -2.29. The molecule has 0 saturated heterocycles. The Bertz CT molecular complexity index is 1250. The van der Waals surface area contributed by atoms with Crippen LogP contribution < -0.4 is 10.1 Å². The summed E-state index contributed by atoms with van der Waals surface area (Å²) in [4.78, 5) is 38.8. The van der Waals surface area contributed by atoms with Crippen LogP contribution >= 0.6 is 0 Å². The molecule has 0 spiro atoms. The largest absolute Gasteiger partial charge is 0.467 e. The lowest BCUT2D eigenvalue weighted by molar-refractivity contribution is -0.0172. The van der Waals surface area contributed by atoms with Gasteiger partial charge in [0.1, 0.15) is 11.6 Å². The third-order valence-corrected chi connectivity index (χ3v) is 5.87. The van der Waals surface area contributed by atoms with Gasteiger partial charge >= 0.3 is 0 Å². The van der Waals surface area contributed by atoms with E-state index in [9.17, 15) is 18.8 Å². The lowest BCUT2D eigenvalue weighted by Gasteiger charge is -2.21. The third-order valence-electron chi connectivity index (χ3n) is 5.87. The van der Waals surface area contributed by atoms with Crippen LogP contribution in [0.5, 0.6) is 5.75 Å². The highest BCUT2D eigenvalue weighted by atomic mass is 19.1. The van der Waals surface area contributed by atoms with Crippen LogP contribution in [-0.4, -0.2) is 36.0 Å². The molecule has 2 aliphatic heterocycles. The van der Waals surface area contributed by atoms with Crippen molar-refractivity contribution in [2.24, 2.45) is 0 Å². The Morgan fingerprint density at radius 3 is 2.41 bits per heavy atom. The van der Waals surface area contributed by atoms with Crippen molar-refractivity contribution >= 4 is 17.7 Å². The molecule has 3 amide bonds. The first-order chi connectivity index (χ1) is 16.5. The number of fused-ring (bicyclic) bond motifs is 2. The Kier molecular flexibility index (Phi) is 5.81. The minimum Gasteiger partial charge on any atom is -0.467 e. The summed E-state index contributed by atoms with van der Waals surface area (Å²) in [7, 11) is 0. The first kappa shape index (κ1) is 21.8. The van der Waals surface area contributed by atoms with Gasteiger partial charge < -0.3 is 14.8 Å². The lowest BCUT2D eigenvalue weighted by atomic mass is 10.1. The second kappa shape index (κ2) is 9.07. The van der Waals surface area contributed by atoms with Crippen molar-refractivity contribution in [3.63, 3.8) is 0 Å². The Labute approximate surface area is 195 Å². The molecule has 0 radical (unpaired) electrons. The first-order valence-electron chi connectivity index (χ1n) is 10.9. The molecule has 172 valence electrons.